The molecule has 2 saturated carbocycles. The predicted molar refractivity (Wildman–Crippen MR) is 244 cm³/mol. The van der Waals surface area contributed by atoms with Crippen molar-refractivity contribution < 1.29 is 32.0 Å². The van der Waals surface area contributed by atoms with Gasteiger partial charge in [0.15, 0.2) is 10.7 Å². The molecule has 4 fully saturated rings. The first kappa shape index (κ1) is 43.1. The third-order valence-corrected chi connectivity index (χ3v) is 15.9. The van der Waals surface area contributed by atoms with Crippen LogP contribution in [0.25, 0.3) is 11.0 Å². The van der Waals surface area contributed by atoms with Crippen LogP contribution in [-0.2, 0) is 10.0 Å². The number of aromatic amines is 1. The number of halogens is 1. The number of carbonyl (C=O) groups is 1. The van der Waals surface area contributed by atoms with Gasteiger partial charge in [0.05, 0.1) is 28.8 Å². The lowest BCUT2D eigenvalue weighted by molar-refractivity contribution is -0.384. The summed E-state index contributed by atoms with van der Waals surface area (Å²) in [6.07, 6.45) is 12.9. The standard InChI is InChI=1S/C48H55FN8O7S/c1-30(2)35-9-4-5-10-36(35)38-11-8-20-56(38)33-26-47(27-33)17-21-55(22-18-47)32-12-13-37(40(24-32)64-34-23-31-14-19-50-44(31)51-28-34)45(58)54-65(61,62)42-25-39(57(59)60)43-46(53-42)63-29-41(52-43)48(49)15-6-3-7-16-48/h4-5,9-10,12-14,19,23-25,28,30,33,38,41,52H,3,6-8,11,15-18,20-22,26-27,29H2,1-2H3,(H,50,51)(H,54,58)/t38-,41-/m1/s1. The lowest BCUT2D eigenvalue weighted by Gasteiger charge is -2.56. The highest BCUT2D eigenvalue weighted by molar-refractivity contribution is 7.90. The van der Waals surface area contributed by atoms with Gasteiger partial charge in [0, 0.05) is 48.5 Å². The fourth-order valence-electron chi connectivity index (χ4n) is 11.2. The first-order valence-electron chi connectivity index (χ1n) is 23.0. The van der Waals surface area contributed by atoms with Gasteiger partial charge in [-0.1, -0.05) is 57.4 Å². The van der Waals surface area contributed by atoms with Crippen molar-refractivity contribution in [2.45, 2.75) is 119 Å². The van der Waals surface area contributed by atoms with Crippen LogP contribution in [0.1, 0.15) is 118 Å². The van der Waals surface area contributed by atoms with Crippen molar-refractivity contribution in [1.82, 2.24) is 24.6 Å². The summed E-state index contributed by atoms with van der Waals surface area (Å²) in [5.74, 6) is -0.480. The quantitative estimate of drug-likeness (QED) is 0.0844. The average molecular weight is 907 g/mol. The minimum Gasteiger partial charge on any atom is -0.474 e. The Kier molecular flexibility index (Phi) is 11.2. The summed E-state index contributed by atoms with van der Waals surface area (Å²) in [4.78, 5) is 42.2. The van der Waals surface area contributed by atoms with Crippen molar-refractivity contribution in [1.29, 1.82) is 0 Å². The summed E-state index contributed by atoms with van der Waals surface area (Å²) >= 11 is 0. The number of anilines is 2. The molecule has 3 aromatic heterocycles. The van der Waals surface area contributed by atoms with Crippen molar-refractivity contribution in [3.63, 3.8) is 0 Å². The smallest absolute Gasteiger partial charge is 0.300 e. The van der Waals surface area contributed by atoms with Gasteiger partial charge in [-0.2, -0.15) is 13.4 Å². The number of nitrogens with one attached hydrogen (secondary N) is 3. The second-order valence-electron chi connectivity index (χ2n) is 19.1. The first-order chi connectivity index (χ1) is 31.3. The van der Waals surface area contributed by atoms with Gasteiger partial charge in [-0.05, 0) is 105 Å². The molecule has 65 heavy (non-hydrogen) atoms. The van der Waals surface area contributed by atoms with E-state index in [1.54, 1.807) is 24.4 Å². The largest absolute Gasteiger partial charge is 0.474 e. The molecule has 3 aliphatic heterocycles. The number of ether oxygens (including phenoxy) is 2. The lowest BCUT2D eigenvalue weighted by atomic mass is 9.59. The number of alkyl halides is 1. The fourth-order valence-corrected chi connectivity index (χ4v) is 12.1. The minimum absolute atomic E-state index is 0.0880. The van der Waals surface area contributed by atoms with Gasteiger partial charge < -0.3 is 24.7 Å². The van der Waals surface area contributed by atoms with E-state index in [4.69, 9.17) is 9.47 Å². The third-order valence-electron chi connectivity index (χ3n) is 14.7. The van der Waals surface area contributed by atoms with E-state index in [0.29, 0.717) is 42.2 Å². The van der Waals surface area contributed by atoms with Crippen molar-refractivity contribution >= 4 is 44.0 Å². The second-order valence-corrected chi connectivity index (χ2v) is 20.7. The number of H-pyrrole nitrogens is 1. The normalized spacial score (nSPS) is 21.9. The number of likely N-dealkylation sites (tertiary alicyclic amines) is 1. The molecule has 15 nitrogen and oxygen atoms in total. The van der Waals surface area contributed by atoms with Gasteiger partial charge in [0.25, 0.3) is 15.9 Å². The number of aromatic nitrogens is 3. The number of piperidine rings is 1. The fraction of sp³-hybridized carbons (Fsp3) is 0.479. The Morgan fingerprint density at radius 1 is 1.02 bits per heavy atom. The van der Waals surface area contributed by atoms with E-state index in [1.165, 1.54) is 49.1 Å². The molecule has 0 bridgehead atoms. The molecule has 1 spiro atoms. The van der Waals surface area contributed by atoms with E-state index in [9.17, 15) is 23.3 Å². The first-order valence-corrected chi connectivity index (χ1v) is 24.5. The average Bonchev–Trinajstić information content (AvgIpc) is 3.98. The number of fused-ring (bicyclic) bond motifs is 2. The van der Waals surface area contributed by atoms with Gasteiger partial charge in [-0.3, -0.25) is 19.8 Å². The maximum absolute atomic E-state index is 15.9. The molecule has 2 saturated heterocycles. The second kappa shape index (κ2) is 16.9. The highest BCUT2D eigenvalue weighted by atomic mass is 32.2. The van der Waals surface area contributed by atoms with Gasteiger partial charge in [-0.15, -0.1) is 0 Å². The van der Waals surface area contributed by atoms with Crippen LogP contribution in [0.5, 0.6) is 17.4 Å². The van der Waals surface area contributed by atoms with Crippen LogP contribution in [0.4, 0.5) is 21.5 Å². The summed E-state index contributed by atoms with van der Waals surface area (Å²) in [6, 6.07) is 18.5. The molecule has 2 aromatic carbocycles. The SMILES string of the molecule is CC(C)c1ccccc1[C@H]1CCCN1C1CC2(CCN(c3ccc(C(=O)NS(=O)(=O)c4cc([N+](=O)[O-])c5c(n4)OC[C@H](C4(F)CCCCC4)N5)c(Oc4cnc5[nH]ccc5c4)c3)CC2)C1. The summed E-state index contributed by atoms with van der Waals surface area (Å²) in [7, 11) is -4.81. The zero-order valence-corrected chi connectivity index (χ0v) is 37.5. The number of pyridine rings is 2. The Morgan fingerprint density at radius 3 is 2.57 bits per heavy atom. The lowest BCUT2D eigenvalue weighted by Crippen LogP contribution is -2.54. The highest BCUT2D eigenvalue weighted by Gasteiger charge is 2.50. The van der Waals surface area contributed by atoms with Crippen LogP contribution in [0, 0.1) is 15.5 Å². The minimum atomic E-state index is -4.81. The van der Waals surface area contributed by atoms with Crippen molar-refractivity contribution in [2.24, 2.45) is 5.41 Å². The predicted octanol–water partition coefficient (Wildman–Crippen LogP) is 9.33. The van der Waals surface area contributed by atoms with Crippen LogP contribution in [0.3, 0.4) is 0 Å². The number of hydrogen-bond donors (Lipinski definition) is 3. The Balaban J connectivity index is 0.863. The maximum atomic E-state index is 15.9. The molecule has 0 unspecified atom stereocenters. The van der Waals surface area contributed by atoms with Crippen LogP contribution in [0.2, 0.25) is 0 Å². The number of nitro groups is 1. The molecule has 3 N–H and O–H groups in total. The van der Waals surface area contributed by atoms with E-state index in [2.05, 4.69) is 68.2 Å². The van der Waals surface area contributed by atoms with Crippen molar-refractivity contribution in [3.05, 3.63) is 99.9 Å². The Bertz CT molecular complexity index is 2740. The zero-order chi connectivity index (χ0) is 45.1. The van der Waals surface area contributed by atoms with Crippen LogP contribution in [0.15, 0.2) is 78.1 Å². The molecule has 6 heterocycles. The van der Waals surface area contributed by atoms with Gasteiger partial charge >= 0.3 is 5.69 Å². The number of benzene rings is 2. The molecule has 5 aliphatic rings. The number of sulfonamides is 1. The van der Waals surface area contributed by atoms with Crippen LogP contribution in [-0.4, -0.2) is 83.1 Å². The van der Waals surface area contributed by atoms with Crippen LogP contribution >= 0.6 is 0 Å². The van der Waals surface area contributed by atoms with Gasteiger partial charge in [0.1, 0.15) is 29.4 Å². The van der Waals surface area contributed by atoms with Crippen molar-refractivity contribution in [3.8, 4) is 17.4 Å². The third kappa shape index (κ3) is 8.25. The maximum Gasteiger partial charge on any atom is 0.300 e. The number of carbonyl (C=O) groups excluding carboxylic acids is 1. The van der Waals surface area contributed by atoms with E-state index in [-0.39, 0.29) is 47.7 Å². The molecule has 10 rings (SSSR count). The highest BCUT2D eigenvalue weighted by Crippen LogP contribution is 2.54. The summed E-state index contributed by atoms with van der Waals surface area (Å²) in [6.45, 7) is 7.12. The molecular formula is C48H55FN8O7S. The number of rotatable bonds is 11. The Labute approximate surface area is 377 Å². The molecule has 17 heteroatoms. The van der Waals surface area contributed by atoms with Gasteiger partial charge in [-0.25, -0.2) is 14.1 Å². The molecule has 1 amide bonds. The number of amides is 1. The summed E-state index contributed by atoms with van der Waals surface area (Å²) in [5.41, 5.74) is 2.09. The topological polar surface area (TPSA) is 185 Å². The number of hydrogen-bond acceptors (Lipinski definition) is 12. The van der Waals surface area contributed by atoms with Gasteiger partial charge in [0.2, 0.25) is 5.88 Å². The number of nitrogens with zero attached hydrogens (tertiary/aromatic N) is 5. The molecular weight excluding hydrogens is 852 g/mol. The van der Waals surface area contributed by atoms with Crippen LogP contribution < -0.4 is 24.4 Å². The van der Waals surface area contributed by atoms with E-state index >= 15 is 4.39 Å². The summed E-state index contributed by atoms with van der Waals surface area (Å²) in [5, 5.41) is 15.2. The Hall–Kier alpha value is -5.81. The molecule has 0 radical (unpaired) electrons. The zero-order valence-electron chi connectivity index (χ0n) is 36.7. The van der Waals surface area contributed by atoms with Crippen molar-refractivity contribution in [2.75, 3.05) is 36.5 Å². The van der Waals surface area contributed by atoms with E-state index in [1.807, 2.05) is 10.8 Å². The molecule has 342 valence electrons. The Morgan fingerprint density at radius 2 is 1.80 bits per heavy atom. The molecule has 2 aliphatic carbocycles. The van der Waals surface area contributed by atoms with E-state index in [0.717, 1.165) is 56.0 Å². The van der Waals surface area contributed by atoms with E-state index < -0.39 is 43.3 Å². The molecule has 5 aromatic rings. The summed E-state index contributed by atoms with van der Waals surface area (Å²) < 4.78 is 57.7. The monoisotopic (exact) mass is 906 g/mol. The molecule has 2 atom stereocenters.